The van der Waals surface area contributed by atoms with Crippen LogP contribution in [-0.4, -0.2) is 71.9 Å². The van der Waals surface area contributed by atoms with Gasteiger partial charge in [-0.05, 0) is 19.4 Å². The molecule has 3 aromatic rings. The number of esters is 1. The molecule has 204 valence electrons. The lowest BCUT2D eigenvalue weighted by Gasteiger charge is -2.27. The Balaban J connectivity index is 1.23. The first-order valence-electron chi connectivity index (χ1n) is 11.7. The fraction of sp³-hybridized carbons (Fsp3) is 0.455. The van der Waals surface area contributed by atoms with Gasteiger partial charge in [-0.15, -0.1) is 0 Å². The normalized spacial score (nSPS) is 32.0. The highest BCUT2D eigenvalue weighted by molar-refractivity contribution is 8.56. The van der Waals surface area contributed by atoms with Crippen molar-refractivity contribution >= 4 is 41.2 Å². The number of aliphatic hydroxyl groups is 2. The summed E-state index contributed by atoms with van der Waals surface area (Å²) < 4.78 is 31.5. The summed E-state index contributed by atoms with van der Waals surface area (Å²) in [5, 5.41) is 24.5. The van der Waals surface area contributed by atoms with Gasteiger partial charge in [0, 0.05) is 5.75 Å². The monoisotopic (exact) mass is 566 g/mol. The van der Waals surface area contributed by atoms with Gasteiger partial charge in [-0.25, -0.2) is 10.1 Å². The van der Waals surface area contributed by atoms with Crippen molar-refractivity contribution in [2.75, 3.05) is 18.1 Å². The molecule has 7 atom stereocenters. The number of benzene rings is 1. The summed E-state index contributed by atoms with van der Waals surface area (Å²) in [4.78, 5) is 35.1. The number of anilines is 1. The predicted octanol–water partition coefficient (Wildman–Crippen LogP) is 0.845. The number of nitrogens with two attached hydrogens (primary N) is 1. The summed E-state index contributed by atoms with van der Waals surface area (Å²) in [7, 11) is 0. The molecule has 0 amide bonds. The van der Waals surface area contributed by atoms with E-state index in [9.17, 15) is 24.4 Å². The Bertz CT molecular complexity index is 1450. The van der Waals surface area contributed by atoms with E-state index in [4.69, 9.17) is 19.7 Å². The van der Waals surface area contributed by atoms with Crippen molar-refractivity contribution < 1.29 is 33.6 Å². The molecular formula is C22H27N6O8PS. The minimum Gasteiger partial charge on any atom is -0.457 e. The van der Waals surface area contributed by atoms with Crippen LogP contribution in [0.5, 0.6) is 0 Å². The van der Waals surface area contributed by atoms with Crippen molar-refractivity contribution in [3.05, 3.63) is 52.6 Å². The summed E-state index contributed by atoms with van der Waals surface area (Å²) in [6.07, 6.45) is -3.03. The Hall–Kier alpha value is -2.78. The number of hydrogen-bond acceptors (Lipinski definition) is 12. The lowest BCUT2D eigenvalue weighted by atomic mass is 9.96. The number of fused-ring (bicyclic) bond motifs is 1. The van der Waals surface area contributed by atoms with E-state index >= 15 is 0 Å². The third-order valence-corrected chi connectivity index (χ3v) is 10.5. The second kappa shape index (κ2) is 10.1. The van der Waals surface area contributed by atoms with Crippen LogP contribution >= 0.6 is 18.1 Å². The Morgan fingerprint density at radius 2 is 2.16 bits per heavy atom. The number of rotatable bonds is 7. The molecule has 2 aliphatic rings. The third-order valence-electron chi connectivity index (χ3n) is 6.44. The van der Waals surface area contributed by atoms with Crippen LogP contribution in [0, 0.1) is 0 Å². The number of nitrogens with one attached hydrogen (secondary N) is 2. The first-order chi connectivity index (χ1) is 18.0. The van der Waals surface area contributed by atoms with Gasteiger partial charge in [-0.2, -0.15) is 4.98 Å². The topological polar surface area (TPSA) is 204 Å². The fourth-order valence-corrected chi connectivity index (χ4v) is 8.23. The lowest BCUT2D eigenvalue weighted by molar-refractivity contribution is -0.150. The largest absolute Gasteiger partial charge is 0.457 e. The standard InChI is InChI=1S/C22H27N6O8PS/c1-11(12-6-4-3-5-7-12)35-19(31)13-9-38-37(33,27-13)34-8-14-16(29)22(2,32)20(36-14)28-10-24-15-17(28)25-21(23)26-18(15)30/h3-7,10-11,13-14,16,20,29,32H,8-9H2,1-2H3,(H,27,33)(H3,23,25,26,30)/t11-,13-,14?,16+,20+,22+,37+/m0/s1. The fourth-order valence-electron chi connectivity index (χ4n) is 4.35. The zero-order valence-electron chi connectivity index (χ0n) is 20.4. The van der Waals surface area contributed by atoms with E-state index in [1.807, 2.05) is 30.3 Å². The summed E-state index contributed by atoms with van der Waals surface area (Å²) >= 11 is 0.937. The van der Waals surface area contributed by atoms with Gasteiger partial charge in [-0.1, -0.05) is 41.7 Å². The average molecular weight is 567 g/mol. The molecule has 14 nitrogen and oxygen atoms in total. The van der Waals surface area contributed by atoms with Crippen molar-refractivity contribution in [1.82, 2.24) is 24.6 Å². The molecule has 0 aliphatic carbocycles. The van der Waals surface area contributed by atoms with Crippen LogP contribution in [0.15, 0.2) is 41.5 Å². The minimum atomic E-state index is -3.55. The number of ether oxygens (including phenoxy) is 2. The van der Waals surface area contributed by atoms with Crippen LogP contribution < -0.4 is 16.4 Å². The number of imidazole rings is 1. The number of aliphatic hydroxyl groups excluding tert-OH is 1. The molecule has 6 N–H and O–H groups in total. The van der Waals surface area contributed by atoms with Crippen LogP contribution in [0.25, 0.3) is 11.2 Å². The molecule has 1 aromatic carbocycles. The molecular weight excluding hydrogens is 539 g/mol. The van der Waals surface area contributed by atoms with Crippen LogP contribution in [0.1, 0.15) is 31.7 Å². The molecule has 0 radical (unpaired) electrons. The maximum absolute atomic E-state index is 13.2. The van der Waals surface area contributed by atoms with E-state index in [0.29, 0.717) is 0 Å². The number of hydrogen-bond donors (Lipinski definition) is 5. The van der Waals surface area contributed by atoms with E-state index < -0.39 is 54.4 Å². The first-order valence-corrected chi connectivity index (χ1v) is 14.9. The van der Waals surface area contributed by atoms with Gasteiger partial charge in [0.05, 0.1) is 12.9 Å². The second-order valence-electron chi connectivity index (χ2n) is 9.23. The van der Waals surface area contributed by atoms with E-state index in [-0.39, 0.29) is 29.5 Å². The van der Waals surface area contributed by atoms with Gasteiger partial charge in [0.15, 0.2) is 17.4 Å². The molecule has 4 heterocycles. The Labute approximate surface area is 220 Å². The molecule has 2 saturated heterocycles. The van der Waals surface area contributed by atoms with Crippen molar-refractivity contribution in [3.63, 3.8) is 0 Å². The Kier molecular flexibility index (Phi) is 7.11. The molecule has 16 heteroatoms. The van der Waals surface area contributed by atoms with Gasteiger partial charge in [0.2, 0.25) is 5.95 Å². The highest BCUT2D eigenvalue weighted by Gasteiger charge is 2.54. The molecule has 0 saturated carbocycles. The van der Waals surface area contributed by atoms with Crippen LogP contribution in [-0.2, 0) is 23.4 Å². The number of aromatic amines is 1. The van der Waals surface area contributed by atoms with Crippen LogP contribution in [0.4, 0.5) is 5.95 Å². The molecule has 1 unspecified atom stereocenters. The zero-order valence-corrected chi connectivity index (χ0v) is 22.1. The maximum atomic E-state index is 13.2. The van der Waals surface area contributed by atoms with E-state index in [1.165, 1.54) is 17.8 Å². The Morgan fingerprint density at radius 3 is 2.89 bits per heavy atom. The quantitative estimate of drug-likeness (QED) is 0.199. The van der Waals surface area contributed by atoms with Gasteiger partial charge in [0.25, 0.3) is 5.56 Å². The average Bonchev–Trinajstić information content (AvgIpc) is 3.54. The summed E-state index contributed by atoms with van der Waals surface area (Å²) in [5.41, 5.74) is 4.07. The third kappa shape index (κ3) is 4.98. The van der Waals surface area contributed by atoms with Gasteiger partial charge < -0.3 is 29.9 Å². The molecule has 2 aliphatic heterocycles. The summed E-state index contributed by atoms with van der Waals surface area (Å²) in [5.74, 6) is -0.561. The van der Waals surface area contributed by atoms with Crippen LogP contribution in [0.2, 0.25) is 0 Å². The lowest BCUT2D eigenvalue weighted by Crippen LogP contribution is -2.44. The van der Waals surface area contributed by atoms with Gasteiger partial charge in [0.1, 0.15) is 30.0 Å². The number of carbonyl (C=O) groups excluding carboxylic acids is 1. The number of aromatic nitrogens is 4. The van der Waals surface area contributed by atoms with Crippen LogP contribution in [0.3, 0.4) is 0 Å². The predicted molar refractivity (Wildman–Crippen MR) is 137 cm³/mol. The summed E-state index contributed by atoms with van der Waals surface area (Å²) in [6, 6.07) is 8.37. The van der Waals surface area contributed by atoms with Gasteiger partial charge >= 0.3 is 12.7 Å². The smallest absolute Gasteiger partial charge is 0.327 e. The maximum Gasteiger partial charge on any atom is 0.327 e. The number of nitrogens with zero attached hydrogens (tertiary/aromatic N) is 3. The minimum absolute atomic E-state index is 0.0247. The molecule has 5 rings (SSSR count). The Morgan fingerprint density at radius 1 is 1.42 bits per heavy atom. The number of H-pyrrole nitrogens is 1. The highest BCUT2D eigenvalue weighted by atomic mass is 32.7. The van der Waals surface area contributed by atoms with Gasteiger partial charge in [-0.3, -0.25) is 23.7 Å². The van der Waals surface area contributed by atoms with Crippen molar-refractivity contribution in [2.24, 2.45) is 0 Å². The molecule has 38 heavy (non-hydrogen) atoms. The van der Waals surface area contributed by atoms with Crippen molar-refractivity contribution in [2.45, 2.75) is 50.0 Å². The molecule has 2 aromatic heterocycles. The highest BCUT2D eigenvalue weighted by Crippen LogP contribution is 2.61. The van der Waals surface area contributed by atoms with Crippen molar-refractivity contribution in [1.29, 1.82) is 0 Å². The second-order valence-corrected chi connectivity index (χ2v) is 13.6. The van der Waals surface area contributed by atoms with E-state index in [2.05, 4.69) is 20.0 Å². The molecule has 2 fully saturated rings. The molecule has 0 bridgehead atoms. The van der Waals surface area contributed by atoms with E-state index in [0.717, 1.165) is 16.9 Å². The van der Waals surface area contributed by atoms with E-state index in [1.54, 1.807) is 6.92 Å². The number of carbonyl (C=O) groups is 1. The molecule has 0 spiro atoms. The van der Waals surface area contributed by atoms with Crippen molar-refractivity contribution in [3.8, 4) is 0 Å². The summed E-state index contributed by atoms with van der Waals surface area (Å²) in [6.45, 7) is -0.825. The number of nitrogen functional groups attached to an aromatic ring is 1. The first kappa shape index (κ1) is 26.8. The zero-order chi connectivity index (χ0) is 27.2. The SMILES string of the molecule is C[C@H](OC(=O)[C@@H]1CS[P@](=O)(OCC2O[C@@H](n3cnc4c(=O)[nH]c(N)nc43)[C@](C)(O)[C@@H]2O)N1)c1ccccc1.